The number of hydrogen-bond acceptors (Lipinski definition) is 4. The summed E-state index contributed by atoms with van der Waals surface area (Å²) in [4.78, 5) is 18.7. The molecule has 0 spiro atoms. The van der Waals surface area contributed by atoms with Crippen molar-refractivity contribution in [3.05, 3.63) is 46.5 Å². The summed E-state index contributed by atoms with van der Waals surface area (Å²) >= 11 is 0. The third kappa shape index (κ3) is 4.08. The van der Waals surface area contributed by atoms with Gasteiger partial charge in [-0.1, -0.05) is 32.9 Å². The largest absolute Gasteiger partial charge is 0.490 e. The molecule has 0 unspecified atom stereocenters. The van der Waals surface area contributed by atoms with E-state index in [4.69, 9.17) is 9.47 Å². The fraction of sp³-hybridized carbons (Fsp3) is 0.375. The molecule has 21 heavy (non-hydrogen) atoms. The average Bonchev–Trinajstić information content (AvgIpc) is 2.45. The van der Waals surface area contributed by atoms with Crippen molar-refractivity contribution in [2.24, 2.45) is 0 Å². The molecule has 5 heteroatoms. The van der Waals surface area contributed by atoms with Gasteiger partial charge >= 0.3 is 0 Å². The Morgan fingerprint density at radius 3 is 2.62 bits per heavy atom. The van der Waals surface area contributed by atoms with Gasteiger partial charge in [-0.25, -0.2) is 0 Å². The van der Waals surface area contributed by atoms with Gasteiger partial charge < -0.3 is 14.5 Å². The second-order valence-corrected chi connectivity index (χ2v) is 5.02. The van der Waals surface area contributed by atoms with E-state index in [1.54, 1.807) is 6.07 Å². The maximum atomic E-state index is 11.7. The lowest BCUT2D eigenvalue weighted by atomic mass is 10.2. The summed E-state index contributed by atoms with van der Waals surface area (Å²) < 4.78 is 11.3. The average molecular weight is 288 g/mol. The zero-order valence-electron chi connectivity index (χ0n) is 12.6. The van der Waals surface area contributed by atoms with Crippen molar-refractivity contribution in [3.63, 3.8) is 0 Å². The van der Waals surface area contributed by atoms with E-state index in [9.17, 15) is 4.79 Å². The predicted octanol–water partition coefficient (Wildman–Crippen LogP) is 3.47. The molecular formula is C16H20N2O3. The van der Waals surface area contributed by atoms with E-state index in [0.717, 1.165) is 6.42 Å². The Labute approximate surface area is 124 Å². The third-order valence-electron chi connectivity index (χ3n) is 2.81. The lowest BCUT2D eigenvalue weighted by molar-refractivity contribution is 0.300. The van der Waals surface area contributed by atoms with Crippen LogP contribution in [0.25, 0.3) is 0 Å². The predicted molar refractivity (Wildman–Crippen MR) is 81.2 cm³/mol. The number of nitrogens with zero attached hydrogens (tertiary/aromatic N) is 1. The Hall–Kier alpha value is -2.30. The smallest absolute Gasteiger partial charge is 0.254 e. The molecule has 0 saturated heterocycles. The minimum atomic E-state index is -0.226. The Kier molecular flexibility index (Phi) is 4.98. The fourth-order valence-corrected chi connectivity index (χ4v) is 1.76. The van der Waals surface area contributed by atoms with Gasteiger partial charge in [-0.3, -0.25) is 4.79 Å². The van der Waals surface area contributed by atoms with Crippen molar-refractivity contribution in [2.45, 2.75) is 33.1 Å². The molecule has 1 heterocycles. The van der Waals surface area contributed by atoms with E-state index < -0.39 is 0 Å². The highest BCUT2D eigenvalue weighted by Gasteiger charge is 2.10. The molecule has 0 aliphatic heterocycles. The van der Waals surface area contributed by atoms with Gasteiger partial charge in [0.25, 0.3) is 5.56 Å². The van der Waals surface area contributed by atoms with Crippen molar-refractivity contribution in [2.75, 3.05) is 6.61 Å². The number of hydrogen-bond donors (Lipinski definition) is 1. The van der Waals surface area contributed by atoms with Crippen molar-refractivity contribution in [3.8, 4) is 17.4 Å². The maximum absolute atomic E-state index is 11.7. The van der Waals surface area contributed by atoms with Crippen LogP contribution in [0.1, 0.15) is 38.9 Å². The molecule has 2 aromatic rings. The summed E-state index contributed by atoms with van der Waals surface area (Å²) in [6.45, 7) is 6.57. The first-order valence-corrected chi connectivity index (χ1v) is 7.11. The normalized spacial score (nSPS) is 10.7. The topological polar surface area (TPSA) is 64.2 Å². The van der Waals surface area contributed by atoms with Crippen molar-refractivity contribution >= 4 is 0 Å². The van der Waals surface area contributed by atoms with Crippen molar-refractivity contribution in [1.82, 2.24) is 9.97 Å². The van der Waals surface area contributed by atoms with Crippen LogP contribution in [0.15, 0.2) is 35.1 Å². The zero-order valence-corrected chi connectivity index (χ0v) is 12.6. The molecule has 2 rings (SSSR count). The van der Waals surface area contributed by atoms with Crippen molar-refractivity contribution in [1.29, 1.82) is 0 Å². The fourth-order valence-electron chi connectivity index (χ4n) is 1.76. The molecule has 0 amide bonds. The molecule has 0 aliphatic carbocycles. The van der Waals surface area contributed by atoms with Gasteiger partial charge in [0, 0.05) is 5.92 Å². The number of nitrogens with one attached hydrogen (secondary N) is 1. The van der Waals surface area contributed by atoms with Crippen LogP contribution in [0, 0.1) is 0 Å². The van der Waals surface area contributed by atoms with Crippen LogP contribution in [0.4, 0.5) is 0 Å². The van der Waals surface area contributed by atoms with Crippen LogP contribution in [-0.2, 0) is 0 Å². The first kappa shape index (κ1) is 15.1. The molecule has 1 aromatic heterocycles. The first-order chi connectivity index (χ1) is 10.1. The minimum absolute atomic E-state index is 0.118. The molecule has 0 saturated carbocycles. The zero-order chi connectivity index (χ0) is 15.2. The Morgan fingerprint density at radius 1 is 1.24 bits per heavy atom. The number of benzene rings is 1. The second-order valence-electron chi connectivity index (χ2n) is 5.02. The molecule has 1 aromatic carbocycles. The molecular weight excluding hydrogens is 268 g/mol. The summed E-state index contributed by atoms with van der Waals surface area (Å²) in [5.74, 6) is 2.19. The number of H-pyrrole nitrogens is 1. The summed E-state index contributed by atoms with van der Waals surface area (Å²) in [5, 5.41) is 0. The number of ether oxygens (including phenoxy) is 2. The minimum Gasteiger partial charge on any atom is -0.490 e. The molecule has 5 nitrogen and oxygen atoms in total. The van der Waals surface area contributed by atoms with Gasteiger partial charge in [0.15, 0.2) is 11.5 Å². The number of para-hydroxylation sites is 2. The lowest BCUT2D eigenvalue weighted by Gasteiger charge is -2.12. The SMILES string of the molecule is CCCOc1ccccc1Oc1cc(=O)[nH]c(C(C)C)n1. The number of aromatic amines is 1. The van der Waals surface area contributed by atoms with Crippen LogP contribution in [0.2, 0.25) is 0 Å². The van der Waals surface area contributed by atoms with Crippen LogP contribution in [-0.4, -0.2) is 16.6 Å². The van der Waals surface area contributed by atoms with Crippen molar-refractivity contribution < 1.29 is 9.47 Å². The second kappa shape index (κ2) is 6.92. The highest BCUT2D eigenvalue weighted by Crippen LogP contribution is 2.30. The van der Waals surface area contributed by atoms with Crippen LogP contribution in [0.5, 0.6) is 17.4 Å². The summed E-state index contributed by atoms with van der Waals surface area (Å²) in [7, 11) is 0. The van der Waals surface area contributed by atoms with Crippen LogP contribution in [0.3, 0.4) is 0 Å². The van der Waals surface area contributed by atoms with Gasteiger partial charge in [-0.2, -0.15) is 4.98 Å². The van der Waals surface area contributed by atoms with Gasteiger partial charge in [-0.15, -0.1) is 0 Å². The van der Waals surface area contributed by atoms with Gasteiger partial charge in [0.1, 0.15) is 5.82 Å². The van der Waals surface area contributed by atoms with E-state index in [0.29, 0.717) is 23.9 Å². The van der Waals surface area contributed by atoms with E-state index in [1.165, 1.54) is 6.07 Å². The lowest BCUT2D eigenvalue weighted by Crippen LogP contribution is -2.12. The molecule has 0 atom stereocenters. The van der Waals surface area contributed by atoms with Crippen LogP contribution >= 0.6 is 0 Å². The van der Waals surface area contributed by atoms with E-state index in [-0.39, 0.29) is 17.4 Å². The Bertz CT molecular complexity index is 650. The molecule has 112 valence electrons. The quantitative estimate of drug-likeness (QED) is 0.884. The molecule has 0 aliphatic rings. The number of aromatic nitrogens is 2. The van der Waals surface area contributed by atoms with E-state index in [2.05, 4.69) is 9.97 Å². The molecule has 0 fully saturated rings. The summed E-state index contributed by atoms with van der Waals surface area (Å²) in [6.07, 6.45) is 0.912. The third-order valence-corrected chi connectivity index (χ3v) is 2.81. The molecule has 0 bridgehead atoms. The van der Waals surface area contributed by atoms with E-state index >= 15 is 0 Å². The van der Waals surface area contributed by atoms with Crippen LogP contribution < -0.4 is 15.0 Å². The summed E-state index contributed by atoms with van der Waals surface area (Å²) in [6, 6.07) is 8.69. The highest BCUT2D eigenvalue weighted by atomic mass is 16.5. The van der Waals surface area contributed by atoms with E-state index in [1.807, 2.05) is 39.0 Å². The first-order valence-electron chi connectivity index (χ1n) is 7.11. The van der Waals surface area contributed by atoms with Gasteiger partial charge in [0.05, 0.1) is 12.7 Å². The summed E-state index contributed by atoms with van der Waals surface area (Å²) in [5.41, 5.74) is -0.226. The van der Waals surface area contributed by atoms with Gasteiger partial charge in [-0.05, 0) is 18.6 Å². The molecule has 0 radical (unpaired) electrons. The number of rotatable bonds is 6. The monoisotopic (exact) mass is 288 g/mol. The standard InChI is InChI=1S/C16H20N2O3/c1-4-9-20-12-7-5-6-8-13(12)21-15-10-14(19)17-16(18-15)11(2)3/h5-8,10-11H,4,9H2,1-3H3,(H,17,18,19). The van der Waals surface area contributed by atoms with Gasteiger partial charge in [0.2, 0.25) is 5.88 Å². The Balaban J connectivity index is 2.28. The highest BCUT2D eigenvalue weighted by molar-refractivity contribution is 5.41. The maximum Gasteiger partial charge on any atom is 0.254 e. The molecule has 1 N–H and O–H groups in total. The Morgan fingerprint density at radius 2 is 1.95 bits per heavy atom.